The zero-order valence-electron chi connectivity index (χ0n) is 17.7. The van der Waals surface area contributed by atoms with E-state index in [2.05, 4.69) is 15.5 Å². The number of fused-ring (bicyclic) bond motifs is 1. The molecule has 10 nitrogen and oxygen atoms in total. The number of carbonyl (C=O) groups excluding carboxylic acids is 2. The summed E-state index contributed by atoms with van der Waals surface area (Å²) in [5, 5.41) is 9.36. The average Bonchev–Trinajstić information content (AvgIpc) is 3.42. The molecule has 12 heteroatoms. The van der Waals surface area contributed by atoms with E-state index in [1.807, 2.05) is 6.07 Å². The minimum Gasteiger partial charge on any atom is -0.484 e. The van der Waals surface area contributed by atoms with Gasteiger partial charge in [0.05, 0.1) is 12.7 Å². The Hall–Kier alpha value is -3.25. The molecule has 1 aliphatic carbocycles. The normalized spacial score (nSPS) is 13.2. The highest BCUT2D eigenvalue weighted by Gasteiger charge is 2.30. The third-order valence-electron chi connectivity index (χ3n) is 4.95. The Morgan fingerprint density at radius 2 is 1.91 bits per heavy atom. The number of para-hydroxylation sites is 1. The highest BCUT2D eigenvalue weighted by Crippen LogP contribution is 2.38. The Kier molecular flexibility index (Phi) is 6.75. The number of nitrogens with zero attached hydrogens (tertiary/aromatic N) is 2. The van der Waals surface area contributed by atoms with Crippen LogP contribution >= 0.6 is 11.3 Å². The lowest BCUT2D eigenvalue weighted by Crippen LogP contribution is -2.24. The van der Waals surface area contributed by atoms with Gasteiger partial charge in [0.2, 0.25) is 15.7 Å². The number of nitrogens with one attached hydrogen (secondary N) is 1. The average molecular weight is 492 g/mol. The standard InChI is InChI=1S/C21H21N3O7S2/c1-29-20(26)18-14-9-5-6-10-15(14)32-19(18)22-16(25)12-33(27,28)21-24-23-17(31-21)11-30-13-7-3-2-4-8-13/h2-4,7-8H,5-6,9-12H2,1H3,(H,22,25). The summed E-state index contributed by atoms with van der Waals surface area (Å²) in [6.07, 6.45) is 3.43. The van der Waals surface area contributed by atoms with Crippen molar-refractivity contribution in [2.45, 2.75) is 37.5 Å². The number of esters is 1. The van der Waals surface area contributed by atoms with Crippen molar-refractivity contribution in [1.29, 1.82) is 0 Å². The van der Waals surface area contributed by atoms with Crippen LogP contribution in [0, 0.1) is 0 Å². The highest BCUT2D eigenvalue weighted by atomic mass is 32.2. The van der Waals surface area contributed by atoms with Crippen LogP contribution in [-0.2, 0) is 38.8 Å². The number of aryl methyl sites for hydroxylation is 1. The van der Waals surface area contributed by atoms with Crippen LogP contribution in [0.3, 0.4) is 0 Å². The van der Waals surface area contributed by atoms with E-state index in [0.29, 0.717) is 17.7 Å². The number of rotatable bonds is 8. The van der Waals surface area contributed by atoms with Crippen LogP contribution < -0.4 is 10.1 Å². The minimum absolute atomic E-state index is 0.0447. The maximum atomic E-state index is 12.6. The molecule has 0 radical (unpaired) electrons. The van der Waals surface area contributed by atoms with Crippen molar-refractivity contribution in [2.24, 2.45) is 0 Å². The van der Waals surface area contributed by atoms with Gasteiger partial charge in [-0.25, -0.2) is 13.2 Å². The molecule has 1 aliphatic rings. The van der Waals surface area contributed by atoms with Gasteiger partial charge in [-0.15, -0.1) is 16.4 Å². The van der Waals surface area contributed by atoms with Crippen molar-refractivity contribution in [3.05, 3.63) is 52.2 Å². The van der Waals surface area contributed by atoms with Gasteiger partial charge in [0.1, 0.15) is 16.5 Å². The van der Waals surface area contributed by atoms with Crippen LogP contribution in [0.4, 0.5) is 5.00 Å². The van der Waals surface area contributed by atoms with Crippen LogP contribution in [0.1, 0.15) is 39.5 Å². The number of anilines is 1. The fourth-order valence-corrected chi connectivity index (χ4v) is 5.68. The van der Waals surface area contributed by atoms with Gasteiger partial charge >= 0.3 is 11.2 Å². The Labute approximate surface area is 193 Å². The first-order valence-electron chi connectivity index (χ1n) is 10.1. The smallest absolute Gasteiger partial charge is 0.341 e. The molecule has 1 amide bonds. The first kappa shape index (κ1) is 22.9. The highest BCUT2D eigenvalue weighted by molar-refractivity contribution is 7.91. The van der Waals surface area contributed by atoms with Gasteiger partial charge in [0.25, 0.3) is 5.89 Å². The lowest BCUT2D eigenvalue weighted by Gasteiger charge is -2.11. The van der Waals surface area contributed by atoms with Crippen molar-refractivity contribution in [1.82, 2.24) is 10.2 Å². The number of sulfone groups is 1. The molecule has 0 bridgehead atoms. The minimum atomic E-state index is -4.20. The molecule has 33 heavy (non-hydrogen) atoms. The number of hydrogen-bond donors (Lipinski definition) is 1. The van der Waals surface area contributed by atoms with Crippen LogP contribution in [0.25, 0.3) is 0 Å². The van der Waals surface area contributed by atoms with Crippen LogP contribution in [0.2, 0.25) is 0 Å². The lowest BCUT2D eigenvalue weighted by molar-refractivity contribution is -0.113. The molecule has 0 saturated carbocycles. The SMILES string of the molecule is COC(=O)c1c(NC(=O)CS(=O)(=O)c2nnc(COc3ccccc3)o2)sc2c1CCCC2. The third-order valence-corrected chi connectivity index (χ3v) is 7.50. The molecule has 0 spiro atoms. The zero-order chi connectivity index (χ0) is 23.4. The van der Waals surface area contributed by atoms with Crippen LogP contribution in [-0.4, -0.2) is 43.4 Å². The fraction of sp³-hybridized carbons (Fsp3) is 0.333. The second-order valence-corrected chi connectivity index (χ2v) is 10.2. The van der Waals surface area contributed by atoms with Crippen molar-refractivity contribution in [2.75, 3.05) is 18.2 Å². The predicted octanol–water partition coefficient (Wildman–Crippen LogP) is 2.79. The molecular weight excluding hydrogens is 470 g/mol. The number of methoxy groups -OCH3 is 1. The van der Waals surface area contributed by atoms with E-state index in [1.165, 1.54) is 18.4 Å². The van der Waals surface area contributed by atoms with Gasteiger partial charge in [0.15, 0.2) is 6.61 Å². The molecule has 2 aromatic heterocycles. The van der Waals surface area contributed by atoms with Crippen LogP contribution in [0.5, 0.6) is 5.75 Å². The second-order valence-electron chi connectivity index (χ2n) is 7.28. The summed E-state index contributed by atoms with van der Waals surface area (Å²) in [5.74, 6) is -1.79. The summed E-state index contributed by atoms with van der Waals surface area (Å²) in [4.78, 5) is 25.8. The van der Waals surface area contributed by atoms with Crippen LogP contribution in [0.15, 0.2) is 40.0 Å². The summed E-state index contributed by atoms with van der Waals surface area (Å²) >= 11 is 1.27. The Morgan fingerprint density at radius 3 is 2.67 bits per heavy atom. The van der Waals surface area contributed by atoms with Gasteiger partial charge in [-0.1, -0.05) is 23.3 Å². The summed E-state index contributed by atoms with van der Waals surface area (Å²) < 4.78 is 40.7. The van der Waals surface area contributed by atoms with Crippen molar-refractivity contribution >= 4 is 38.1 Å². The molecule has 3 aromatic rings. The number of hydrogen-bond acceptors (Lipinski definition) is 10. The number of aromatic nitrogens is 2. The maximum absolute atomic E-state index is 12.6. The number of benzene rings is 1. The fourth-order valence-electron chi connectivity index (χ4n) is 3.45. The molecule has 4 rings (SSSR count). The molecular formula is C21H21N3O7S2. The molecule has 174 valence electrons. The first-order chi connectivity index (χ1) is 15.9. The predicted molar refractivity (Wildman–Crippen MR) is 118 cm³/mol. The van der Waals surface area contributed by atoms with E-state index >= 15 is 0 Å². The number of carbonyl (C=O) groups is 2. The summed E-state index contributed by atoms with van der Waals surface area (Å²) in [6, 6.07) is 8.85. The number of amides is 1. The van der Waals surface area contributed by atoms with E-state index in [0.717, 1.165) is 29.7 Å². The van der Waals surface area contributed by atoms with E-state index < -0.39 is 32.7 Å². The molecule has 0 aliphatic heterocycles. The third kappa shape index (κ3) is 5.22. The molecule has 1 N–H and O–H groups in total. The second kappa shape index (κ2) is 9.71. The van der Waals surface area contributed by atoms with E-state index in [4.69, 9.17) is 13.9 Å². The van der Waals surface area contributed by atoms with Gasteiger partial charge in [-0.05, 0) is 43.4 Å². The largest absolute Gasteiger partial charge is 0.484 e. The molecule has 0 fully saturated rings. The zero-order valence-corrected chi connectivity index (χ0v) is 19.3. The summed E-state index contributed by atoms with van der Waals surface area (Å²) in [6.45, 7) is -0.123. The molecule has 2 heterocycles. The first-order valence-corrected chi connectivity index (χ1v) is 12.6. The Morgan fingerprint density at radius 1 is 1.15 bits per heavy atom. The number of thiophene rings is 1. The monoisotopic (exact) mass is 491 g/mol. The molecule has 0 saturated heterocycles. The van der Waals surface area contributed by atoms with Gasteiger partial charge in [0, 0.05) is 4.88 Å². The van der Waals surface area contributed by atoms with E-state index in [1.54, 1.807) is 24.3 Å². The molecule has 0 unspecified atom stereocenters. The maximum Gasteiger partial charge on any atom is 0.341 e. The molecule has 0 atom stereocenters. The quantitative estimate of drug-likeness (QED) is 0.471. The van der Waals surface area contributed by atoms with Crippen molar-refractivity contribution in [3.63, 3.8) is 0 Å². The van der Waals surface area contributed by atoms with E-state index in [9.17, 15) is 18.0 Å². The van der Waals surface area contributed by atoms with Gasteiger partial charge in [-0.3, -0.25) is 4.79 Å². The summed E-state index contributed by atoms with van der Waals surface area (Å²) in [5.41, 5.74) is 1.15. The Balaban J connectivity index is 1.44. The van der Waals surface area contributed by atoms with E-state index in [-0.39, 0.29) is 17.5 Å². The van der Waals surface area contributed by atoms with Crippen molar-refractivity contribution in [3.8, 4) is 5.75 Å². The molecule has 1 aromatic carbocycles. The van der Waals surface area contributed by atoms with Crippen molar-refractivity contribution < 1.29 is 31.9 Å². The van der Waals surface area contributed by atoms with Gasteiger partial charge in [-0.2, -0.15) is 0 Å². The topological polar surface area (TPSA) is 138 Å². The summed E-state index contributed by atoms with van der Waals surface area (Å²) in [7, 11) is -2.94. The number of ether oxygens (including phenoxy) is 2. The van der Waals surface area contributed by atoms with Gasteiger partial charge < -0.3 is 19.2 Å². The lowest BCUT2D eigenvalue weighted by atomic mass is 9.95. The Bertz CT molecular complexity index is 1270.